The van der Waals surface area contributed by atoms with E-state index in [4.69, 9.17) is 0 Å². The van der Waals surface area contributed by atoms with E-state index in [-0.39, 0.29) is 16.2 Å². The van der Waals surface area contributed by atoms with Crippen LogP contribution in [0.15, 0.2) is 194 Å². The zero-order chi connectivity index (χ0) is 44.0. The molecule has 0 atom stereocenters. The fourth-order valence-corrected chi connectivity index (χ4v) is 12.2. The molecule has 3 aliphatic carbocycles. The molecule has 312 valence electrons. The molecule has 13 rings (SSSR count). The van der Waals surface area contributed by atoms with E-state index >= 15 is 0 Å². The highest BCUT2D eigenvalue weighted by molar-refractivity contribution is 6.13. The monoisotopic (exact) mass is 834 g/mol. The smallest absolute Gasteiger partial charge is 0.0544 e. The third kappa shape index (κ3) is 5.29. The predicted octanol–water partition coefficient (Wildman–Crippen LogP) is 16.8. The molecule has 0 N–H and O–H groups in total. The average molecular weight is 835 g/mol. The highest BCUT2D eigenvalue weighted by Gasteiger charge is 2.39. The van der Waals surface area contributed by atoms with Gasteiger partial charge in [0.2, 0.25) is 0 Å². The number of anilines is 3. The van der Waals surface area contributed by atoms with Crippen molar-refractivity contribution >= 4 is 38.9 Å². The average Bonchev–Trinajstić information content (AvgIpc) is 3.94. The molecule has 10 aromatic rings. The third-order valence-corrected chi connectivity index (χ3v) is 15.6. The van der Waals surface area contributed by atoms with Gasteiger partial charge >= 0.3 is 0 Å². The Morgan fingerprint density at radius 2 is 0.738 bits per heavy atom. The van der Waals surface area contributed by atoms with Crippen molar-refractivity contribution < 1.29 is 0 Å². The Morgan fingerprint density at radius 3 is 1.29 bits per heavy atom. The Morgan fingerprint density at radius 1 is 0.308 bits per heavy atom. The van der Waals surface area contributed by atoms with Crippen LogP contribution in [0.4, 0.5) is 17.1 Å². The summed E-state index contributed by atoms with van der Waals surface area (Å²) >= 11 is 0. The molecule has 1 aromatic heterocycles. The minimum atomic E-state index is -0.110. The standard InChI is InChI=1S/C63H50N2/c1-61(2)53-21-13-10-18-45(53)48-31-29-43(35-56(48)61)64(44-30-32-49-46-19-11-14-22-54(46)62(3,4)57(49)36-44)42-27-24-39(25-28-42)40-26-33-59-51(34-40)52-37-50-47-20-12-15-23-55(47)63(5,6)58(50)38-60(52)65(59)41-16-8-7-9-17-41/h7-38H,1-6H3. The second-order valence-electron chi connectivity index (χ2n) is 20.2. The number of benzene rings is 9. The molecule has 1 heterocycles. The van der Waals surface area contributed by atoms with Crippen LogP contribution in [0.3, 0.4) is 0 Å². The molecule has 2 heteroatoms. The van der Waals surface area contributed by atoms with Crippen LogP contribution >= 0.6 is 0 Å². The molecule has 0 unspecified atom stereocenters. The van der Waals surface area contributed by atoms with Crippen LogP contribution in [0.1, 0.15) is 74.9 Å². The van der Waals surface area contributed by atoms with Crippen molar-refractivity contribution in [1.29, 1.82) is 0 Å². The zero-order valence-corrected chi connectivity index (χ0v) is 37.9. The van der Waals surface area contributed by atoms with Crippen LogP contribution in [-0.4, -0.2) is 4.57 Å². The van der Waals surface area contributed by atoms with Crippen LogP contribution in [0, 0.1) is 0 Å². The second-order valence-corrected chi connectivity index (χ2v) is 20.2. The molecule has 0 bridgehead atoms. The largest absolute Gasteiger partial charge is 0.310 e. The Bertz CT molecular complexity index is 3510. The quantitative estimate of drug-likeness (QED) is 0.168. The number of rotatable bonds is 5. The summed E-state index contributed by atoms with van der Waals surface area (Å²) in [5, 5.41) is 2.55. The first-order valence-electron chi connectivity index (χ1n) is 23.2. The van der Waals surface area contributed by atoms with Crippen molar-refractivity contribution in [3.05, 3.63) is 228 Å². The van der Waals surface area contributed by atoms with Gasteiger partial charge in [-0.1, -0.05) is 163 Å². The minimum absolute atomic E-state index is 0.0825. The van der Waals surface area contributed by atoms with Gasteiger partial charge in [0.25, 0.3) is 0 Å². The fraction of sp³-hybridized carbons (Fsp3) is 0.143. The predicted molar refractivity (Wildman–Crippen MR) is 274 cm³/mol. The highest BCUT2D eigenvalue weighted by atomic mass is 15.1. The van der Waals surface area contributed by atoms with Crippen LogP contribution in [0.2, 0.25) is 0 Å². The van der Waals surface area contributed by atoms with Crippen molar-refractivity contribution in [2.24, 2.45) is 0 Å². The van der Waals surface area contributed by atoms with Crippen LogP contribution in [-0.2, 0) is 16.2 Å². The van der Waals surface area contributed by atoms with Crippen molar-refractivity contribution in [2.45, 2.75) is 57.8 Å². The Kier molecular flexibility index (Phi) is 7.80. The van der Waals surface area contributed by atoms with Gasteiger partial charge in [0, 0.05) is 49.8 Å². The second kappa shape index (κ2) is 13.3. The van der Waals surface area contributed by atoms with E-state index in [0.29, 0.717) is 0 Å². The number of hydrogen-bond donors (Lipinski definition) is 0. The first-order valence-corrected chi connectivity index (χ1v) is 23.2. The van der Waals surface area contributed by atoms with Gasteiger partial charge in [-0.05, 0) is 151 Å². The van der Waals surface area contributed by atoms with E-state index < -0.39 is 0 Å². The first kappa shape index (κ1) is 38.1. The molecule has 2 nitrogen and oxygen atoms in total. The lowest BCUT2D eigenvalue weighted by Crippen LogP contribution is -2.18. The summed E-state index contributed by atoms with van der Waals surface area (Å²) in [6.07, 6.45) is 0. The number of hydrogen-bond acceptors (Lipinski definition) is 1. The Balaban J connectivity index is 0.957. The maximum absolute atomic E-state index is 2.47. The molecule has 0 aliphatic heterocycles. The summed E-state index contributed by atoms with van der Waals surface area (Å²) in [5.41, 5.74) is 25.5. The number of fused-ring (bicyclic) bond motifs is 12. The maximum Gasteiger partial charge on any atom is 0.0544 e. The molecular weight excluding hydrogens is 785 g/mol. The van der Waals surface area contributed by atoms with Gasteiger partial charge in [-0.2, -0.15) is 0 Å². The molecule has 65 heavy (non-hydrogen) atoms. The summed E-state index contributed by atoms with van der Waals surface area (Å²) < 4.78 is 2.46. The van der Waals surface area contributed by atoms with E-state index in [9.17, 15) is 0 Å². The van der Waals surface area contributed by atoms with Crippen LogP contribution in [0.5, 0.6) is 0 Å². The summed E-state index contributed by atoms with van der Waals surface area (Å²) in [5.74, 6) is 0. The maximum atomic E-state index is 2.47. The van der Waals surface area contributed by atoms with Crippen molar-refractivity contribution in [1.82, 2.24) is 4.57 Å². The Labute approximate surface area is 382 Å². The molecule has 0 amide bonds. The lowest BCUT2D eigenvalue weighted by molar-refractivity contribution is 0.660. The topological polar surface area (TPSA) is 8.17 Å². The van der Waals surface area contributed by atoms with E-state index in [1.165, 1.54) is 105 Å². The van der Waals surface area contributed by atoms with Gasteiger partial charge in [-0.3, -0.25) is 0 Å². The third-order valence-electron chi connectivity index (χ3n) is 15.6. The molecular formula is C63H50N2. The fourth-order valence-electron chi connectivity index (χ4n) is 12.2. The molecule has 0 spiro atoms. The molecule has 9 aromatic carbocycles. The van der Waals surface area contributed by atoms with Gasteiger partial charge in [0.05, 0.1) is 11.0 Å². The van der Waals surface area contributed by atoms with Crippen molar-refractivity contribution in [2.75, 3.05) is 4.90 Å². The first-order chi connectivity index (χ1) is 31.5. The molecule has 0 radical (unpaired) electrons. The van der Waals surface area contributed by atoms with Crippen molar-refractivity contribution in [3.8, 4) is 50.2 Å². The van der Waals surface area contributed by atoms with E-state index in [2.05, 4.69) is 245 Å². The van der Waals surface area contributed by atoms with Gasteiger partial charge in [0.1, 0.15) is 0 Å². The summed E-state index contributed by atoms with van der Waals surface area (Å²) in [4.78, 5) is 2.47. The number of aromatic nitrogens is 1. The van der Waals surface area contributed by atoms with Crippen LogP contribution in [0.25, 0.3) is 72.0 Å². The van der Waals surface area contributed by atoms with Gasteiger partial charge < -0.3 is 9.47 Å². The molecule has 0 saturated carbocycles. The Hall–Kier alpha value is -7.42. The zero-order valence-electron chi connectivity index (χ0n) is 37.9. The summed E-state index contributed by atoms with van der Waals surface area (Å²) in [6.45, 7) is 14.2. The van der Waals surface area contributed by atoms with Crippen LogP contribution < -0.4 is 4.90 Å². The van der Waals surface area contributed by atoms with E-state index in [1.54, 1.807) is 0 Å². The van der Waals surface area contributed by atoms with Crippen molar-refractivity contribution in [3.63, 3.8) is 0 Å². The normalized spacial score (nSPS) is 15.3. The SMILES string of the molecule is CC1(C)c2ccccc2-c2ccc(N(c3ccc(-c4ccc5c(c4)c4cc6c(cc4n5-c4ccccc4)C(C)(C)c4ccccc4-6)cc3)c3ccc4c(c3)C(C)(C)c3ccccc3-4)cc21. The summed E-state index contributed by atoms with van der Waals surface area (Å²) in [7, 11) is 0. The van der Waals surface area contributed by atoms with E-state index in [1.807, 2.05) is 0 Å². The lowest BCUT2D eigenvalue weighted by atomic mass is 9.82. The molecule has 0 saturated heterocycles. The lowest BCUT2D eigenvalue weighted by Gasteiger charge is -2.30. The number of nitrogens with zero attached hydrogens (tertiary/aromatic N) is 2. The number of para-hydroxylation sites is 1. The van der Waals surface area contributed by atoms with Gasteiger partial charge in [0.15, 0.2) is 0 Å². The van der Waals surface area contributed by atoms with Gasteiger partial charge in [-0.25, -0.2) is 0 Å². The molecule has 0 fully saturated rings. The summed E-state index contributed by atoms with van der Waals surface area (Å²) in [6, 6.07) is 73.2. The molecule has 3 aliphatic rings. The highest BCUT2D eigenvalue weighted by Crippen LogP contribution is 2.54. The van der Waals surface area contributed by atoms with E-state index in [0.717, 1.165) is 17.1 Å². The van der Waals surface area contributed by atoms with Gasteiger partial charge in [-0.15, -0.1) is 0 Å². The minimum Gasteiger partial charge on any atom is -0.310 e.